The average molecular weight is 443 g/mol. The van der Waals surface area contributed by atoms with Gasteiger partial charge < -0.3 is 4.90 Å². The Bertz CT molecular complexity index is 1310. The predicted molar refractivity (Wildman–Crippen MR) is 127 cm³/mol. The third-order valence-corrected chi connectivity index (χ3v) is 7.05. The van der Waals surface area contributed by atoms with Gasteiger partial charge in [-0.1, -0.05) is 66.7 Å². The van der Waals surface area contributed by atoms with Crippen molar-refractivity contribution in [2.24, 2.45) is 11.8 Å². The molecule has 0 amide bonds. The van der Waals surface area contributed by atoms with Crippen molar-refractivity contribution < 1.29 is 4.79 Å². The molecule has 4 unspecified atom stereocenters. The number of Topliss-reactive ketones (excluding diaryl/α,β-unsaturated/α-hetero) is 1. The van der Waals surface area contributed by atoms with Gasteiger partial charge >= 0.3 is 0 Å². The van der Waals surface area contributed by atoms with Crippen LogP contribution in [0.25, 0.3) is 0 Å². The van der Waals surface area contributed by atoms with Crippen molar-refractivity contribution in [1.29, 1.82) is 15.8 Å². The van der Waals surface area contributed by atoms with E-state index < -0.39 is 6.04 Å². The van der Waals surface area contributed by atoms with Crippen LogP contribution >= 0.6 is 0 Å². The average Bonchev–Trinajstić information content (AvgIpc) is 3.68. The van der Waals surface area contributed by atoms with Crippen molar-refractivity contribution >= 4 is 5.78 Å². The van der Waals surface area contributed by atoms with Crippen molar-refractivity contribution in [2.75, 3.05) is 0 Å². The first-order valence-electron chi connectivity index (χ1n) is 11.4. The van der Waals surface area contributed by atoms with Crippen molar-refractivity contribution in [3.8, 4) is 18.2 Å². The summed E-state index contributed by atoms with van der Waals surface area (Å²) < 4.78 is 0. The molecule has 1 aliphatic carbocycles. The molecule has 0 aromatic heterocycles. The van der Waals surface area contributed by atoms with Gasteiger partial charge in [0.15, 0.2) is 5.78 Å². The van der Waals surface area contributed by atoms with Crippen LogP contribution in [0.1, 0.15) is 34.7 Å². The van der Waals surface area contributed by atoms with E-state index in [1.807, 2.05) is 71.6 Å². The van der Waals surface area contributed by atoms with Crippen molar-refractivity contribution in [3.63, 3.8) is 0 Å². The summed E-state index contributed by atoms with van der Waals surface area (Å²) in [4.78, 5) is 16.0. The first-order valence-corrected chi connectivity index (χ1v) is 11.4. The molecule has 5 rings (SSSR count). The molecule has 2 heterocycles. The number of nitriles is 3. The normalized spacial score (nSPS) is 24.7. The lowest BCUT2D eigenvalue weighted by molar-refractivity contribution is 0.0881. The Balaban J connectivity index is 1.75. The maximum Gasteiger partial charge on any atom is 0.185 e. The molecule has 2 fully saturated rings. The molecule has 2 aliphatic heterocycles. The highest BCUT2D eigenvalue weighted by Gasteiger charge is 2.55. The van der Waals surface area contributed by atoms with Crippen LogP contribution < -0.4 is 0 Å². The third kappa shape index (κ3) is 3.61. The fraction of sp³-hybridized carbons (Fsp3) is 0.241. The minimum Gasteiger partial charge on any atom is -0.358 e. The summed E-state index contributed by atoms with van der Waals surface area (Å²) in [5, 5.41) is 29.3. The summed E-state index contributed by atoms with van der Waals surface area (Å²) in [5.41, 5.74) is 3.09. The van der Waals surface area contributed by atoms with Gasteiger partial charge in [-0.05, 0) is 36.0 Å². The molecule has 34 heavy (non-hydrogen) atoms. The van der Waals surface area contributed by atoms with Gasteiger partial charge in [-0.15, -0.1) is 0 Å². The molecular weight excluding hydrogens is 420 g/mol. The number of ketones is 1. The van der Waals surface area contributed by atoms with E-state index in [9.17, 15) is 20.6 Å². The Morgan fingerprint density at radius 3 is 2.15 bits per heavy atom. The molecule has 3 aliphatic rings. The van der Waals surface area contributed by atoms with Gasteiger partial charge in [0.25, 0.3) is 0 Å². The summed E-state index contributed by atoms with van der Waals surface area (Å²) in [6, 6.07) is 24.8. The standard InChI is InChI=1S/C29H22N4O/c30-15-19-11-14-24-27(25(21-12-13-21)23(16-31)17-32)26(20-7-3-1-4-8-20)28(33(24)18-19)29(34)22-9-5-2-6-10-22/h1-11,14,18,21,24,26-28H,12-13H2. The van der Waals surface area contributed by atoms with Gasteiger partial charge in [-0.3, -0.25) is 4.79 Å². The second-order valence-electron chi connectivity index (χ2n) is 8.96. The smallest absolute Gasteiger partial charge is 0.185 e. The van der Waals surface area contributed by atoms with Crippen LogP contribution in [0.15, 0.2) is 95.7 Å². The van der Waals surface area contributed by atoms with Gasteiger partial charge in [0.1, 0.15) is 23.8 Å². The molecule has 0 bridgehead atoms. The number of nitrogens with zero attached hydrogens (tertiary/aromatic N) is 4. The van der Waals surface area contributed by atoms with E-state index in [0.717, 1.165) is 24.0 Å². The molecule has 2 aromatic carbocycles. The monoisotopic (exact) mass is 442 g/mol. The van der Waals surface area contributed by atoms with Crippen molar-refractivity contribution in [3.05, 3.63) is 107 Å². The molecular formula is C29H22N4O. The topological polar surface area (TPSA) is 91.7 Å². The number of benzene rings is 2. The third-order valence-electron chi connectivity index (χ3n) is 7.05. The molecule has 2 aromatic rings. The number of carbonyl (C=O) groups is 1. The Hall–Kier alpha value is -4.40. The highest BCUT2D eigenvalue weighted by molar-refractivity contribution is 6.01. The molecule has 5 nitrogen and oxygen atoms in total. The van der Waals surface area contributed by atoms with Crippen LogP contribution in [0.3, 0.4) is 0 Å². The summed E-state index contributed by atoms with van der Waals surface area (Å²) in [7, 11) is 0. The van der Waals surface area contributed by atoms with Gasteiger partial charge in [0.2, 0.25) is 0 Å². The zero-order valence-corrected chi connectivity index (χ0v) is 18.5. The quantitative estimate of drug-likeness (QED) is 0.477. The minimum atomic E-state index is -0.569. The lowest BCUT2D eigenvalue weighted by atomic mass is 9.73. The number of carbonyl (C=O) groups excluding carboxylic acids is 1. The van der Waals surface area contributed by atoms with Crippen LogP contribution in [0.5, 0.6) is 0 Å². The highest BCUT2D eigenvalue weighted by Crippen LogP contribution is 2.54. The van der Waals surface area contributed by atoms with E-state index in [1.54, 1.807) is 12.3 Å². The number of fused-ring (bicyclic) bond motifs is 1. The molecule has 0 N–H and O–H groups in total. The Kier molecular flexibility index (Phi) is 5.59. The fourth-order valence-corrected chi connectivity index (χ4v) is 5.53. The summed E-state index contributed by atoms with van der Waals surface area (Å²) in [5.74, 6) is -0.358. The first-order chi connectivity index (χ1) is 16.7. The van der Waals surface area contributed by atoms with E-state index in [4.69, 9.17) is 0 Å². The van der Waals surface area contributed by atoms with Gasteiger partial charge in [0, 0.05) is 23.6 Å². The largest absolute Gasteiger partial charge is 0.358 e. The first kappa shape index (κ1) is 21.4. The maximum absolute atomic E-state index is 14.0. The Morgan fingerprint density at radius 1 is 0.912 bits per heavy atom. The van der Waals surface area contributed by atoms with Crippen LogP contribution in [0.2, 0.25) is 0 Å². The van der Waals surface area contributed by atoms with Crippen LogP contribution in [0, 0.1) is 45.8 Å². The zero-order chi connectivity index (χ0) is 23.7. The molecule has 1 saturated carbocycles. The predicted octanol–water partition coefficient (Wildman–Crippen LogP) is 5.05. The molecule has 164 valence electrons. The van der Waals surface area contributed by atoms with Crippen LogP contribution in [0.4, 0.5) is 0 Å². The second kappa shape index (κ2) is 8.86. The zero-order valence-electron chi connectivity index (χ0n) is 18.5. The van der Waals surface area contributed by atoms with E-state index in [1.165, 1.54) is 0 Å². The van der Waals surface area contributed by atoms with E-state index in [-0.39, 0.29) is 35.2 Å². The van der Waals surface area contributed by atoms with Crippen LogP contribution in [-0.4, -0.2) is 22.8 Å². The number of hydrogen-bond donors (Lipinski definition) is 0. The summed E-state index contributed by atoms with van der Waals surface area (Å²) in [6.07, 6.45) is 7.40. The van der Waals surface area contributed by atoms with Crippen LogP contribution in [-0.2, 0) is 0 Å². The molecule has 1 saturated heterocycles. The van der Waals surface area contributed by atoms with Gasteiger partial charge in [0.05, 0.1) is 17.7 Å². The Labute approximate surface area is 199 Å². The summed E-state index contributed by atoms with van der Waals surface area (Å²) >= 11 is 0. The highest BCUT2D eigenvalue weighted by atomic mass is 16.1. The van der Waals surface area contributed by atoms with E-state index in [2.05, 4.69) is 18.2 Å². The van der Waals surface area contributed by atoms with Crippen molar-refractivity contribution in [1.82, 2.24) is 4.90 Å². The Morgan fingerprint density at radius 2 is 1.56 bits per heavy atom. The maximum atomic E-state index is 14.0. The number of allylic oxidation sites excluding steroid dienone is 3. The van der Waals surface area contributed by atoms with E-state index in [0.29, 0.717) is 11.1 Å². The SMILES string of the molecule is N#CC1=CN2C(C=C1)C(C(=C(C#N)C#N)C1CC1)C(c1ccccc1)C2C(=O)c1ccccc1. The lowest BCUT2D eigenvalue weighted by Gasteiger charge is -2.31. The molecule has 4 atom stereocenters. The molecule has 0 spiro atoms. The molecule has 5 heteroatoms. The summed E-state index contributed by atoms with van der Waals surface area (Å²) in [6.45, 7) is 0. The van der Waals surface area contributed by atoms with Gasteiger partial charge in [-0.2, -0.15) is 15.8 Å². The van der Waals surface area contributed by atoms with Crippen molar-refractivity contribution in [2.45, 2.75) is 30.8 Å². The van der Waals surface area contributed by atoms with Gasteiger partial charge in [-0.25, -0.2) is 0 Å². The number of rotatable bonds is 5. The fourth-order valence-electron chi connectivity index (χ4n) is 5.53. The lowest BCUT2D eigenvalue weighted by Crippen LogP contribution is -2.39. The second-order valence-corrected chi connectivity index (χ2v) is 8.96. The number of hydrogen-bond acceptors (Lipinski definition) is 5. The molecule has 0 radical (unpaired) electrons. The minimum absolute atomic E-state index is 0.0311. The van der Waals surface area contributed by atoms with E-state index >= 15 is 0 Å².